The van der Waals surface area contributed by atoms with Gasteiger partial charge in [-0.1, -0.05) is 6.08 Å². The van der Waals surface area contributed by atoms with Crippen LogP contribution in [0.2, 0.25) is 0 Å². The van der Waals surface area contributed by atoms with E-state index in [2.05, 4.69) is 4.99 Å². The van der Waals surface area contributed by atoms with Crippen LogP contribution in [0.15, 0.2) is 46.2 Å². The van der Waals surface area contributed by atoms with E-state index in [0.717, 1.165) is 33.8 Å². The molecule has 0 N–H and O–H groups in total. The lowest BCUT2D eigenvalue weighted by Gasteiger charge is -2.31. The fraction of sp³-hybridized carbons (Fsp3) is 0.346. The molecule has 1 aliphatic heterocycles. The smallest absolute Gasteiger partial charge is 0.274 e. The summed E-state index contributed by atoms with van der Waals surface area (Å²) in [7, 11) is 3.44. The van der Waals surface area contributed by atoms with Crippen molar-refractivity contribution in [1.82, 2.24) is 14.7 Å². The van der Waals surface area contributed by atoms with Gasteiger partial charge < -0.3 is 14.4 Å². The monoisotopic (exact) mass is 478 g/mol. The van der Waals surface area contributed by atoms with Gasteiger partial charge in [-0.15, -0.1) is 0 Å². The molecular weight excluding hydrogens is 448 g/mol. The Morgan fingerprint density at radius 2 is 2.12 bits per heavy atom. The molecule has 0 unspecified atom stereocenters. The van der Waals surface area contributed by atoms with Crippen molar-refractivity contribution in [2.75, 3.05) is 14.2 Å². The molecule has 0 aliphatic carbocycles. The van der Waals surface area contributed by atoms with Crippen molar-refractivity contribution in [3.8, 4) is 28.4 Å². The fourth-order valence-corrected chi connectivity index (χ4v) is 4.40. The van der Waals surface area contributed by atoms with Crippen LogP contribution < -0.4 is 9.47 Å². The highest BCUT2D eigenvalue weighted by atomic mass is 32.1. The summed E-state index contributed by atoms with van der Waals surface area (Å²) in [5.74, 6) is 1.23. The summed E-state index contributed by atoms with van der Waals surface area (Å²) in [5.41, 5.74) is 5.12. The highest BCUT2D eigenvalue weighted by molar-refractivity contribution is 7.08. The quantitative estimate of drug-likeness (QED) is 0.440. The SMILES string of the molecule is C/C=C\N=C(C)c1cc2c(cc1OC)OCc1c(C(=O)N(C)C(C)(C)C)nn(-c3ccsc3)c1-2. The number of aliphatic imine (C=N–C) groups is 1. The number of thiophene rings is 1. The summed E-state index contributed by atoms with van der Waals surface area (Å²) < 4.78 is 13.6. The van der Waals surface area contributed by atoms with E-state index in [1.54, 1.807) is 36.6 Å². The first-order valence-corrected chi connectivity index (χ1v) is 12.1. The van der Waals surface area contributed by atoms with Gasteiger partial charge in [-0.05, 0) is 52.1 Å². The van der Waals surface area contributed by atoms with Gasteiger partial charge in [-0.25, -0.2) is 4.68 Å². The Balaban J connectivity index is 1.97. The number of hydrogen-bond acceptors (Lipinski definition) is 6. The number of fused-ring (bicyclic) bond motifs is 3. The van der Waals surface area contributed by atoms with Crippen LogP contribution in [0.4, 0.5) is 0 Å². The number of hydrogen-bond donors (Lipinski definition) is 0. The lowest BCUT2D eigenvalue weighted by Crippen LogP contribution is -2.43. The second kappa shape index (κ2) is 9.10. The van der Waals surface area contributed by atoms with Crippen molar-refractivity contribution in [2.24, 2.45) is 4.99 Å². The van der Waals surface area contributed by atoms with Crippen LogP contribution in [0.3, 0.4) is 0 Å². The van der Waals surface area contributed by atoms with E-state index in [0.29, 0.717) is 17.2 Å². The molecule has 4 rings (SSSR count). The van der Waals surface area contributed by atoms with Gasteiger partial charge in [0.05, 0.1) is 18.5 Å². The number of ether oxygens (including phenoxy) is 2. The minimum absolute atomic E-state index is 0.135. The van der Waals surface area contributed by atoms with Crippen molar-refractivity contribution in [3.05, 3.63) is 58.1 Å². The first-order valence-electron chi connectivity index (χ1n) is 11.1. The number of benzene rings is 1. The van der Waals surface area contributed by atoms with Crippen LogP contribution >= 0.6 is 11.3 Å². The van der Waals surface area contributed by atoms with Crippen LogP contribution in [-0.2, 0) is 6.61 Å². The standard InChI is InChI=1S/C26H30N4O3S/c1-8-10-27-16(2)18-12-19-22(13-21(18)32-7)33-14-20-23(25(31)29(6)26(3,4)5)28-30(24(19)20)17-9-11-34-15-17/h8-13,15H,14H2,1-7H3/b10-8-,27-16?. The molecule has 0 saturated heterocycles. The number of amides is 1. The third-order valence-corrected chi connectivity index (χ3v) is 6.65. The fourth-order valence-electron chi connectivity index (χ4n) is 3.79. The Labute approximate surface area is 204 Å². The number of methoxy groups -OCH3 is 1. The van der Waals surface area contributed by atoms with Gasteiger partial charge in [0.2, 0.25) is 0 Å². The summed E-state index contributed by atoms with van der Waals surface area (Å²) in [4.78, 5) is 19.7. The van der Waals surface area contributed by atoms with Crippen molar-refractivity contribution in [3.63, 3.8) is 0 Å². The van der Waals surface area contributed by atoms with Crippen LogP contribution in [0.25, 0.3) is 16.9 Å². The van der Waals surface area contributed by atoms with E-state index < -0.39 is 0 Å². The zero-order chi connectivity index (χ0) is 24.6. The average Bonchev–Trinajstić information content (AvgIpc) is 3.48. The molecule has 2 aromatic heterocycles. The van der Waals surface area contributed by atoms with Crippen LogP contribution in [0.5, 0.6) is 11.5 Å². The molecule has 34 heavy (non-hydrogen) atoms. The molecule has 3 heterocycles. The Morgan fingerprint density at radius 1 is 1.35 bits per heavy atom. The summed E-state index contributed by atoms with van der Waals surface area (Å²) in [6.07, 6.45) is 3.63. The third-order valence-electron chi connectivity index (χ3n) is 5.98. The molecule has 7 nitrogen and oxygen atoms in total. The highest BCUT2D eigenvalue weighted by Gasteiger charge is 2.34. The average molecular weight is 479 g/mol. The molecule has 3 aromatic rings. The zero-order valence-corrected chi connectivity index (χ0v) is 21.5. The van der Waals surface area contributed by atoms with Crippen molar-refractivity contribution < 1.29 is 14.3 Å². The van der Waals surface area contributed by atoms with Gasteiger partial charge >= 0.3 is 0 Å². The maximum Gasteiger partial charge on any atom is 0.274 e. The maximum atomic E-state index is 13.5. The van der Waals surface area contributed by atoms with Gasteiger partial charge in [0.15, 0.2) is 5.69 Å². The van der Waals surface area contributed by atoms with Crippen LogP contribution in [-0.4, -0.2) is 46.0 Å². The zero-order valence-electron chi connectivity index (χ0n) is 20.7. The third kappa shape index (κ3) is 4.14. The van der Waals surface area contributed by atoms with Gasteiger partial charge in [0.1, 0.15) is 18.1 Å². The van der Waals surface area contributed by atoms with E-state index in [1.807, 2.05) is 74.3 Å². The molecule has 1 aliphatic rings. The van der Waals surface area contributed by atoms with Gasteiger partial charge in [-0.3, -0.25) is 9.79 Å². The number of aromatic nitrogens is 2. The largest absolute Gasteiger partial charge is 0.496 e. The van der Waals surface area contributed by atoms with E-state index in [9.17, 15) is 4.79 Å². The maximum absolute atomic E-state index is 13.5. The molecule has 1 aromatic carbocycles. The Hall–Kier alpha value is -3.39. The lowest BCUT2D eigenvalue weighted by atomic mass is 9.97. The summed E-state index contributed by atoms with van der Waals surface area (Å²) in [6, 6.07) is 5.90. The molecule has 0 bridgehead atoms. The molecule has 0 atom stereocenters. The Morgan fingerprint density at radius 3 is 2.74 bits per heavy atom. The predicted molar refractivity (Wildman–Crippen MR) is 137 cm³/mol. The Bertz CT molecular complexity index is 1280. The summed E-state index contributed by atoms with van der Waals surface area (Å²) in [6.45, 7) is 10.1. The number of rotatable bonds is 5. The van der Waals surface area contributed by atoms with E-state index in [4.69, 9.17) is 14.6 Å². The number of allylic oxidation sites excluding steroid dienone is 1. The predicted octanol–water partition coefficient (Wildman–Crippen LogP) is 5.71. The highest BCUT2D eigenvalue weighted by Crippen LogP contribution is 2.44. The molecule has 8 heteroatoms. The van der Waals surface area contributed by atoms with Gasteiger partial charge in [0, 0.05) is 52.6 Å². The van der Waals surface area contributed by atoms with E-state index in [1.165, 1.54) is 0 Å². The lowest BCUT2D eigenvalue weighted by molar-refractivity contribution is 0.0646. The minimum atomic E-state index is -0.343. The summed E-state index contributed by atoms with van der Waals surface area (Å²) in [5, 5.41) is 8.83. The second-order valence-electron chi connectivity index (χ2n) is 9.14. The first-order chi connectivity index (χ1) is 16.2. The van der Waals surface area contributed by atoms with Crippen LogP contribution in [0, 0.1) is 0 Å². The molecular formula is C26H30N4O3S. The van der Waals surface area contributed by atoms with Crippen molar-refractivity contribution in [2.45, 2.75) is 46.8 Å². The first kappa shape index (κ1) is 23.8. The molecule has 178 valence electrons. The number of carbonyl (C=O) groups is 1. The summed E-state index contributed by atoms with van der Waals surface area (Å²) >= 11 is 1.58. The minimum Gasteiger partial charge on any atom is -0.496 e. The van der Waals surface area contributed by atoms with E-state index in [-0.39, 0.29) is 18.1 Å². The second-order valence-corrected chi connectivity index (χ2v) is 9.92. The number of carbonyl (C=O) groups excluding carboxylic acids is 1. The molecule has 0 radical (unpaired) electrons. The van der Waals surface area contributed by atoms with Gasteiger partial charge in [0.25, 0.3) is 5.91 Å². The van der Waals surface area contributed by atoms with Crippen molar-refractivity contribution >= 4 is 23.0 Å². The van der Waals surface area contributed by atoms with E-state index >= 15 is 0 Å². The van der Waals surface area contributed by atoms with Gasteiger partial charge in [-0.2, -0.15) is 16.4 Å². The topological polar surface area (TPSA) is 69.0 Å². The normalized spacial score (nSPS) is 13.4. The molecule has 0 saturated carbocycles. The molecule has 1 amide bonds. The Kier molecular flexibility index (Phi) is 6.36. The van der Waals surface area contributed by atoms with Crippen molar-refractivity contribution in [1.29, 1.82) is 0 Å². The molecule has 0 spiro atoms. The van der Waals surface area contributed by atoms with Crippen LogP contribution in [0.1, 0.15) is 56.2 Å². The number of nitrogens with zero attached hydrogens (tertiary/aromatic N) is 4. The molecule has 0 fully saturated rings.